The highest BCUT2D eigenvalue weighted by Gasteiger charge is 2.16. The minimum atomic E-state index is -0.0668. The fourth-order valence-electron chi connectivity index (χ4n) is 1.94. The summed E-state index contributed by atoms with van der Waals surface area (Å²) >= 11 is 1.63. The molecule has 1 aromatic heterocycles. The first-order valence-electron chi connectivity index (χ1n) is 6.06. The number of hydrogen-bond acceptors (Lipinski definition) is 3. The summed E-state index contributed by atoms with van der Waals surface area (Å²) in [6.45, 7) is 0.892. The largest absolute Gasteiger partial charge is 0.488 e. The van der Waals surface area contributed by atoms with Crippen LogP contribution in [-0.2, 0) is 11.3 Å². The van der Waals surface area contributed by atoms with E-state index in [2.05, 4.69) is 5.32 Å². The van der Waals surface area contributed by atoms with Crippen LogP contribution in [0.15, 0.2) is 47.4 Å². The number of nitrogens with one attached hydrogen (secondary N) is 1. The smallest absolute Gasteiger partial charge is 0.250 e. The molecule has 0 bridgehead atoms. The number of hydrogen-bond donors (Lipinski definition) is 1. The van der Waals surface area contributed by atoms with Gasteiger partial charge >= 0.3 is 0 Å². The van der Waals surface area contributed by atoms with Crippen molar-refractivity contribution in [3.63, 3.8) is 0 Å². The predicted molar refractivity (Wildman–Crippen MR) is 76.1 cm³/mol. The molecule has 0 spiro atoms. The van der Waals surface area contributed by atoms with Crippen molar-refractivity contribution >= 4 is 23.3 Å². The molecular weight excluding hydrogens is 258 g/mol. The zero-order chi connectivity index (χ0) is 13.1. The van der Waals surface area contributed by atoms with E-state index in [0.717, 1.165) is 16.2 Å². The van der Waals surface area contributed by atoms with Gasteiger partial charge in [-0.1, -0.05) is 24.3 Å². The number of carbonyl (C=O) groups excluding carboxylic acids is 1. The summed E-state index contributed by atoms with van der Waals surface area (Å²) in [5.74, 6) is 0.764. The van der Waals surface area contributed by atoms with Crippen molar-refractivity contribution in [1.29, 1.82) is 0 Å². The summed E-state index contributed by atoms with van der Waals surface area (Å²) in [5.41, 5.74) is 1.62. The molecule has 0 saturated heterocycles. The zero-order valence-corrected chi connectivity index (χ0v) is 11.1. The minimum Gasteiger partial charge on any atom is -0.488 e. The Morgan fingerprint density at radius 2 is 2.16 bits per heavy atom. The van der Waals surface area contributed by atoms with Crippen LogP contribution in [0.5, 0.6) is 5.75 Å². The molecule has 0 atom stereocenters. The summed E-state index contributed by atoms with van der Waals surface area (Å²) in [6.07, 6.45) is 1.89. The van der Waals surface area contributed by atoms with Crippen molar-refractivity contribution in [2.45, 2.75) is 6.54 Å². The number of fused-ring (bicyclic) bond motifs is 1. The normalized spacial score (nSPS) is 13.2. The lowest BCUT2D eigenvalue weighted by molar-refractivity contribution is -0.117. The summed E-state index contributed by atoms with van der Waals surface area (Å²) in [7, 11) is 0. The van der Waals surface area contributed by atoms with Gasteiger partial charge < -0.3 is 10.1 Å². The molecule has 96 valence electrons. The summed E-state index contributed by atoms with van der Waals surface area (Å²) in [6, 6.07) is 11.7. The number of rotatable bonds is 3. The second-order valence-electron chi connectivity index (χ2n) is 4.26. The monoisotopic (exact) mass is 271 g/mol. The van der Waals surface area contributed by atoms with Gasteiger partial charge in [-0.2, -0.15) is 0 Å². The van der Waals surface area contributed by atoms with Gasteiger partial charge in [-0.15, -0.1) is 11.3 Å². The molecule has 0 radical (unpaired) electrons. The molecule has 1 aromatic carbocycles. The van der Waals surface area contributed by atoms with Crippen molar-refractivity contribution < 1.29 is 9.53 Å². The van der Waals surface area contributed by atoms with Gasteiger partial charge in [-0.3, -0.25) is 4.79 Å². The second kappa shape index (κ2) is 5.28. The molecule has 0 unspecified atom stereocenters. The Morgan fingerprint density at radius 1 is 1.26 bits per heavy atom. The summed E-state index contributed by atoms with van der Waals surface area (Å²) in [4.78, 5) is 13.2. The zero-order valence-electron chi connectivity index (χ0n) is 10.3. The molecule has 1 aliphatic heterocycles. The molecule has 3 rings (SSSR count). The van der Waals surface area contributed by atoms with Crippen LogP contribution in [0.2, 0.25) is 0 Å². The van der Waals surface area contributed by atoms with Crippen molar-refractivity contribution in [3.05, 3.63) is 57.8 Å². The Morgan fingerprint density at radius 3 is 3.00 bits per heavy atom. The SMILES string of the molecule is O=C(NCc1cccs1)C1=Cc2ccccc2OC1. The third-order valence-corrected chi connectivity index (χ3v) is 3.80. The number of benzene rings is 1. The van der Waals surface area contributed by atoms with E-state index in [1.54, 1.807) is 11.3 Å². The fraction of sp³-hybridized carbons (Fsp3) is 0.133. The molecule has 1 N–H and O–H groups in total. The van der Waals surface area contributed by atoms with Gasteiger partial charge in [0, 0.05) is 10.4 Å². The third-order valence-electron chi connectivity index (χ3n) is 2.93. The lowest BCUT2D eigenvalue weighted by Crippen LogP contribution is -2.27. The van der Waals surface area contributed by atoms with Crippen molar-refractivity contribution in [2.24, 2.45) is 0 Å². The van der Waals surface area contributed by atoms with Crippen LogP contribution in [0.3, 0.4) is 0 Å². The van der Waals surface area contributed by atoms with Crippen LogP contribution in [0.25, 0.3) is 6.08 Å². The molecule has 0 saturated carbocycles. The van der Waals surface area contributed by atoms with Gasteiger partial charge in [-0.25, -0.2) is 0 Å². The molecule has 1 amide bonds. The average Bonchev–Trinajstić information content (AvgIpc) is 2.97. The molecule has 4 heteroatoms. The van der Waals surface area contributed by atoms with Crippen LogP contribution in [0, 0.1) is 0 Å². The van der Waals surface area contributed by atoms with Gasteiger partial charge in [0.15, 0.2) is 0 Å². The standard InChI is InChI=1S/C15H13NO2S/c17-15(16-9-13-5-3-7-19-13)12-8-11-4-1-2-6-14(11)18-10-12/h1-8H,9-10H2,(H,16,17). The minimum absolute atomic E-state index is 0.0668. The second-order valence-corrected chi connectivity index (χ2v) is 5.29. The van der Waals surface area contributed by atoms with Crippen LogP contribution in [-0.4, -0.2) is 12.5 Å². The molecule has 2 aromatic rings. The average molecular weight is 271 g/mol. The van der Waals surface area contributed by atoms with Crippen molar-refractivity contribution in [3.8, 4) is 5.75 Å². The highest BCUT2D eigenvalue weighted by Crippen LogP contribution is 2.25. The summed E-state index contributed by atoms with van der Waals surface area (Å²) in [5, 5.41) is 4.91. The van der Waals surface area contributed by atoms with Crippen LogP contribution in [0.4, 0.5) is 0 Å². The molecule has 1 aliphatic rings. The number of ether oxygens (including phenoxy) is 1. The number of para-hydroxylation sites is 1. The predicted octanol–water partition coefficient (Wildman–Crippen LogP) is 2.84. The Hall–Kier alpha value is -2.07. The fourth-order valence-corrected chi connectivity index (χ4v) is 2.59. The van der Waals surface area contributed by atoms with E-state index in [0.29, 0.717) is 18.7 Å². The molecule has 19 heavy (non-hydrogen) atoms. The Kier molecular flexibility index (Phi) is 3.33. The maximum atomic E-state index is 12.0. The van der Waals surface area contributed by atoms with Crippen LogP contribution < -0.4 is 10.1 Å². The number of amides is 1. The van der Waals surface area contributed by atoms with Gasteiger partial charge in [0.25, 0.3) is 5.91 Å². The Balaban J connectivity index is 1.69. The van der Waals surface area contributed by atoms with Crippen LogP contribution >= 0.6 is 11.3 Å². The highest BCUT2D eigenvalue weighted by atomic mass is 32.1. The molecule has 0 fully saturated rings. The molecular formula is C15H13NO2S. The van der Waals surface area contributed by atoms with E-state index in [9.17, 15) is 4.79 Å². The van der Waals surface area contributed by atoms with Crippen molar-refractivity contribution in [1.82, 2.24) is 5.32 Å². The van der Waals surface area contributed by atoms with Crippen LogP contribution in [0.1, 0.15) is 10.4 Å². The lowest BCUT2D eigenvalue weighted by Gasteiger charge is -2.17. The van der Waals surface area contributed by atoms with E-state index in [4.69, 9.17) is 4.74 Å². The van der Waals surface area contributed by atoms with E-state index in [1.165, 1.54) is 0 Å². The number of carbonyl (C=O) groups is 1. The van der Waals surface area contributed by atoms with E-state index in [-0.39, 0.29) is 5.91 Å². The lowest BCUT2D eigenvalue weighted by atomic mass is 10.1. The van der Waals surface area contributed by atoms with Crippen molar-refractivity contribution in [2.75, 3.05) is 6.61 Å². The Labute approximate surface area is 115 Å². The van der Waals surface area contributed by atoms with Gasteiger partial charge in [0.1, 0.15) is 12.4 Å². The Bertz CT molecular complexity index is 617. The maximum Gasteiger partial charge on any atom is 0.250 e. The topological polar surface area (TPSA) is 38.3 Å². The highest BCUT2D eigenvalue weighted by molar-refractivity contribution is 7.09. The van der Waals surface area contributed by atoms with Gasteiger partial charge in [-0.05, 0) is 23.6 Å². The first kappa shape index (κ1) is 12.0. The van der Waals surface area contributed by atoms with Gasteiger partial charge in [0.05, 0.1) is 12.1 Å². The van der Waals surface area contributed by atoms with E-state index >= 15 is 0 Å². The maximum absolute atomic E-state index is 12.0. The number of thiophene rings is 1. The summed E-state index contributed by atoms with van der Waals surface area (Å²) < 4.78 is 5.57. The third kappa shape index (κ3) is 2.69. The molecule has 3 nitrogen and oxygen atoms in total. The quantitative estimate of drug-likeness (QED) is 0.932. The molecule has 0 aliphatic carbocycles. The first-order chi connectivity index (χ1) is 9.33. The van der Waals surface area contributed by atoms with E-state index < -0.39 is 0 Å². The molecule has 2 heterocycles. The first-order valence-corrected chi connectivity index (χ1v) is 6.94. The van der Waals surface area contributed by atoms with E-state index in [1.807, 2.05) is 47.9 Å². The van der Waals surface area contributed by atoms with Gasteiger partial charge in [0.2, 0.25) is 0 Å².